The van der Waals surface area contributed by atoms with E-state index in [4.69, 9.17) is 46.0 Å². The molecule has 0 aliphatic carbocycles. The Kier molecular flexibility index (Phi) is 12.2. The van der Waals surface area contributed by atoms with Gasteiger partial charge in [0.15, 0.2) is 23.8 Å². The van der Waals surface area contributed by atoms with Crippen molar-refractivity contribution in [1.29, 1.82) is 0 Å². The Morgan fingerprint density at radius 2 is 1.88 bits per heavy atom. The van der Waals surface area contributed by atoms with Gasteiger partial charge in [-0.05, 0) is 24.4 Å². The molecule has 28 heteroatoms. The van der Waals surface area contributed by atoms with Gasteiger partial charge in [-0.3, -0.25) is 27.5 Å². The summed E-state index contributed by atoms with van der Waals surface area (Å²) in [6, 6.07) is 0.0548. The van der Waals surface area contributed by atoms with E-state index >= 15 is 0 Å². The summed E-state index contributed by atoms with van der Waals surface area (Å²) in [5.74, 6) is -1.07. The third-order valence-electron chi connectivity index (χ3n) is 7.78. The number of ether oxygens (including phenoxy) is 3. The van der Waals surface area contributed by atoms with E-state index in [1.807, 2.05) is 0 Å². The molecule has 5 heterocycles. The van der Waals surface area contributed by atoms with Gasteiger partial charge in [0.2, 0.25) is 0 Å². The molecular weight excluding hydrogens is 742 g/mol. The summed E-state index contributed by atoms with van der Waals surface area (Å²) in [6.07, 6.45) is -6.58. The van der Waals surface area contributed by atoms with Crippen LogP contribution in [0.1, 0.15) is 31.7 Å². The molecular formula is C24H34N12O14P2. The maximum atomic E-state index is 13.3. The normalized spacial score (nSPS) is 26.5. The van der Waals surface area contributed by atoms with Gasteiger partial charge in [0, 0.05) is 24.1 Å². The van der Waals surface area contributed by atoms with E-state index in [0.717, 1.165) is 10.9 Å². The molecule has 0 spiro atoms. The van der Waals surface area contributed by atoms with Crippen molar-refractivity contribution in [2.24, 2.45) is 10.8 Å². The zero-order chi connectivity index (χ0) is 37.8. The zero-order valence-corrected chi connectivity index (χ0v) is 28.5. The van der Waals surface area contributed by atoms with E-state index in [-0.39, 0.29) is 48.6 Å². The van der Waals surface area contributed by atoms with E-state index in [1.54, 1.807) is 0 Å². The number of aliphatic hydroxyl groups excluding tert-OH is 1. The molecule has 3 aromatic rings. The summed E-state index contributed by atoms with van der Waals surface area (Å²) in [6.45, 7) is -1.63. The van der Waals surface area contributed by atoms with Gasteiger partial charge < -0.3 is 51.2 Å². The fourth-order valence-electron chi connectivity index (χ4n) is 5.37. The smallest absolute Gasteiger partial charge is 0.455 e. The molecule has 5 rings (SSSR count). The molecule has 26 nitrogen and oxygen atoms in total. The number of carbonyl (C=O) groups excluding carboxylic acids is 1. The molecule has 3 aromatic heterocycles. The molecule has 5 unspecified atom stereocenters. The lowest BCUT2D eigenvalue weighted by atomic mass is 10.1. The number of phosphoric ester groups is 2. The SMILES string of the molecule is [N-]=[N+]=NCCC[C@@H](N)C(=O)OC1C(COP(=O)(O)O[C@H]2C[C@H](n3ccc(N)nc3=O)O[C@@H]2COP(=O)(O)O)OC(n2cnc3c(N)ncnc32)C1O. The van der Waals surface area contributed by atoms with Crippen LogP contribution in [-0.4, -0.2) is 111 Å². The number of nitrogens with zero attached hydrogens (tertiary/aromatic N) is 9. The summed E-state index contributed by atoms with van der Waals surface area (Å²) < 4.78 is 59.0. The van der Waals surface area contributed by atoms with Crippen LogP contribution in [0.3, 0.4) is 0 Å². The van der Waals surface area contributed by atoms with Gasteiger partial charge in [-0.25, -0.2) is 28.9 Å². The van der Waals surface area contributed by atoms with Crippen molar-refractivity contribution in [3.8, 4) is 0 Å². The Bertz CT molecular complexity index is 1960. The number of carbonyl (C=O) groups is 1. The number of hydrogen-bond donors (Lipinski definition) is 7. The van der Waals surface area contributed by atoms with Crippen LogP contribution in [0.15, 0.2) is 34.8 Å². The number of aromatic nitrogens is 6. The first-order valence-electron chi connectivity index (χ1n) is 15.2. The van der Waals surface area contributed by atoms with E-state index in [2.05, 4.69) is 34.5 Å². The number of azide groups is 1. The van der Waals surface area contributed by atoms with Gasteiger partial charge in [0.1, 0.15) is 54.3 Å². The van der Waals surface area contributed by atoms with Crippen LogP contribution < -0.4 is 22.9 Å². The number of fused-ring (bicyclic) bond motifs is 1. The zero-order valence-electron chi connectivity index (χ0n) is 26.7. The number of aliphatic hydroxyl groups is 1. The Hall–Kier alpha value is -4.13. The lowest BCUT2D eigenvalue weighted by Gasteiger charge is -2.24. The highest BCUT2D eigenvalue weighted by Crippen LogP contribution is 2.50. The lowest BCUT2D eigenvalue weighted by molar-refractivity contribution is -0.158. The van der Waals surface area contributed by atoms with E-state index in [1.165, 1.54) is 23.2 Å². The van der Waals surface area contributed by atoms with Gasteiger partial charge in [0.05, 0.1) is 19.5 Å². The van der Waals surface area contributed by atoms with Crippen LogP contribution in [0.4, 0.5) is 11.6 Å². The van der Waals surface area contributed by atoms with Gasteiger partial charge in [-0.2, -0.15) is 4.98 Å². The first-order valence-corrected chi connectivity index (χ1v) is 18.2. The topological polar surface area (TPSA) is 393 Å². The molecule has 2 aliphatic rings. The number of phosphoric acid groups is 2. The molecule has 9 atom stereocenters. The number of esters is 1. The van der Waals surface area contributed by atoms with E-state index in [9.17, 15) is 38.5 Å². The first-order chi connectivity index (χ1) is 24.6. The van der Waals surface area contributed by atoms with Gasteiger partial charge in [0.25, 0.3) is 0 Å². The number of anilines is 2. The van der Waals surface area contributed by atoms with Crippen LogP contribution in [0.25, 0.3) is 21.6 Å². The van der Waals surface area contributed by atoms with Crippen molar-refractivity contribution in [2.75, 3.05) is 31.2 Å². The molecule has 2 saturated heterocycles. The Labute approximate surface area is 291 Å². The summed E-state index contributed by atoms with van der Waals surface area (Å²) in [4.78, 5) is 72.8. The molecule has 10 N–H and O–H groups in total. The highest BCUT2D eigenvalue weighted by Gasteiger charge is 2.50. The molecule has 0 radical (unpaired) electrons. The number of nitrogens with two attached hydrogens (primary N) is 3. The minimum absolute atomic E-state index is 0.0179. The van der Waals surface area contributed by atoms with Crippen LogP contribution in [0.5, 0.6) is 0 Å². The monoisotopic (exact) mass is 776 g/mol. The van der Waals surface area contributed by atoms with Crippen molar-refractivity contribution in [3.05, 3.63) is 45.8 Å². The predicted octanol–water partition coefficient (Wildman–Crippen LogP) is -1.27. The summed E-state index contributed by atoms with van der Waals surface area (Å²) in [5.41, 5.74) is 25.2. The molecule has 2 fully saturated rings. The average Bonchev–Trinajstić information content (AvgIpc) is 3.76. The standard InChI is InChI=1S/C24H34N12O14P2/c25-11(2-1-4-32-34-28)23(38)49-19-14(48-22(18(19)37)36-10-31-17-20(27)29-9-30-21(17)36)8-46-52(43,44)50-12-6-16(35-5-3-15(26)33-24(35)39)47-13(12)7-45-51(40,41)42/h3,5,9-14,16,18-19,22,37H,1-2,4,6-8,25H2,(H,43,44)(H2,26,33,39)(H2,27,29,30)(H2,40,41,42)/t11-,12+,13-,14?,16-,18?,19?,22?/m1/s1. The minimum atomic E-state index is -5.16. The van der Waals surface area contributed by atoms with Crippen LogP contribution in [0.2, 0.25) is 0 Å². The molecule has 284 valence electrons. The molecule has 0 bridgehead atoms. The lowest BCUT2D eigenvalue weighted by Crippen LogP contribution is -2.43. The Morgan fingerprint density at radius 3 is 2.60 bits per heavy atom. The number of rotatable bonds is 16. The number of imidazole rings is 1. The summed E-state index contributed by atoms with van der Waals surface area (Å²) in [7, 11) is -10.2. The van der Waals surface area contributed by atoms with E-state index in [0.29, 0.717) is 0 Å². The van der Waals surface area contributed by atoms with Crippen LogP contribution >= 0.6 is 15.6 Å². The van der Waals surface area contributed by atoms with Crippen molar-refractivity contribution in [1.82, 2.24) is 29.1 Å². The molecule has 0 aromatic carbocycles. The van der Waals surface area contributed by atoms with Crippen LogP contribution in [0, 0.1) is 0 Å². The summed E-state index contributed by atoms with van der Waals surface area (Å²) in [5, 5.41) is 14.7. The molecule has 0 amide bonds. The van der Waals surface area contributed by atoms with E-state index < -0.39 is 89.5 Å². The van der Waals surface area contributed by atoms with Crippen molar-refractivity contribution in [2.45, 2.75) is 68.3 Å². The minimum Gasteiger partial charge on any atom is -0.455 e. The van der Waals surface area contributed by atoms with Gasteiger partial charge >= 0.3 is 27.3 Å². The quantitative estimate of drug-likeness (QED) is 0.0223. The fraction of sp³-hybridized carbons (Fsp3) is 0.583. The molecule has 52 heavy (non-hydrogen) atoms. The largest absolute Gasteiger partial charge is 0.472 e. The second-order valence-electron chi connectivity index (χ2n) is 11.3. The van der Waals surface area contributed by atoms with Crippen molar-refractivity contribution < 1.29 is 61.5 Å². The fourth-order valence-corrected chi connectivity index (χ4v) is 6.67. The maximum Gasteiger partial charge on any atom is 0.472 e. The second kappa shape index (κ2) is 16.3. The Balaban J connectivity index is 1.33. The highest BCUT2D eigenvalue weighted by molar-refractivity contribution is 7.47. The van der Waals surface area contributed by atoms with Crippen LogP contribution in [-0.2, 0) is 41.7 Å². The average molecular weight is 777 g/mol. The first kappa shape index (κ1) is 39.1. The van der Waals surface area contributed by atoms with Gasteiger partial charge in [-0.1, -0.05) is 5.11 Å². The van der Waals surface area contributed by atoms with Crippen molar-refractivity contribution in [3.63, 3.8) is 0 Å². The highest BCUT2D eigenvalue weighted by atomic mass is 31.2. The number of hydrogen-bond acceptors (Lipinski definition) is 19. The summed E-state index contributed by atoms with van der Waals surface area (Å²) >= 11 is 0. The number of nitrogen functional groups attached to an aromatic ring is 2. The molecule has 0 saturated carbocycles. The predicted molar refractivity (Wildman–Crippen MR) is 171 cm³/mol. The third kappa shape index (κ3) is 9.45. The Morgan fingerprint density at radius 1 is 1.13 bits per heavy atom. The second-order valence-corrected chi connectivity index (χ2v) is 14.0. The third-order valence-corrected chi connectivity index (χ3v) is 9.28. The van der Waals surface area contributed by atoms with Crippen molar-refractivity contribution >= 4 is 44.4 Å². The maximum absolute atomic E-state index is 13.3. The van der Waals surface area contributed by atoms with Gasteiger partial charge in [-0.15, -0.1) is 0 Å². The molecule has 2 aliphatic heterocycles.